The summed E-state index contributed by atoms with van der Waals surface area (Å²) in [6, 6.07) is 25.2. The van der Waals surface area contributed by atoms with Crippen molar-refractivity contribution in [2.24, 2.45) is 0 Å². The fourth-order valence-electron chi connectivity index (χ4n) is 3.35. The quantitative estimate of drug-likeness (QED) is 0.264. The molecule has 0 saturated carbocycles. The van der Waals surface area contributed by atoms with Crippen molar-refractivity contribution in [1.82, 2.24) is 0 Å². The van der Waals surface area contributed by atoms with Crippen molar-refractivity contribution in [3.05, 3.63) is 89.0 Å². The van der Waals surface area contributed by atoms with Crippen molar-refractivity contribution in [3.63, 3.8) is 0 Å². The fraction of sp³-hybridized carbons (Fsp3) is 0.333. The van der Waals surface area contributed by atoms with E-state index < -0.39 is 0 Å². The molecule has 160 valence electrons. The Morgan fingerprint density at radius 3 is 1.87 bits per heavy atom. The van der Waals surface area contributed by atoms with Crippen LogP contribution in [0.25, 0.3) is 11.1 Å². The van der Waals surface area contributed by atoms with Crippen LogP contribution in [0.3, 0.4) is 0 Å². The summed E-state index contributed by atoms with van der Waals surface area (Å²) in [6.45, 7) is 13.6. The average molecular weight is 475 g/mol. The van der Waals surface area contributed by atoms with Gasteiger partial charge in [-0.05, 0) is 28.4 Å². The van der Waals surface area contributed by atoms with E-state index in [1.165, 1.54) is 33.4 Å². The molecule has 0 fully saturated rings. The van der Waals surface area contributed by atoms with Crippen molar-refractivity contribution < 1.29 is 44.8 Å². The third-order valence-electron chi connectivity index (χ3n) is 5.02. The Labute approximate surface area is 207 Å². The number of rotatable bonds is 0. The first-order valence-corrected chi connectivity index (χ1v) is 11.0. The van der Waals surface area contributed by atoms with Crippen molar-refractivity contribution in [2.45, 2.75) is 58.8 Å². The monoisotopic (exact) mass is 474 g/mol. The Hall–Kier alpha value is -1.05. The molecule has 0 nitrogen and oxygen atoms in total. The van der Waals surface area contributed by atoms with Crippen LogP contribution in [0, 0.1) is 6.07 Å². The summed E-state index contributed by atoms with van der Waals surface area (Å²) >= 11 is 1.75. The Morgan fingerprint density at radius 2 is 1.40 bits per heavy atom. The maximum Gasteiger partial charge on any atom is -0.172 e. The third-order valence-corrected chi connectivity index (χ3v) is 5.02. The van der Waals surface area contributed by atoms with Crippen LogP contribution in [-0.4, -0.2) is 4.82 Å². The summed E-state index contributed by atoms with van der Waals surface area (Å²) in [6.07, 6.45) is 1.03. The summed E-state index contributed by atoms with van der Waals surface area (Å²) in [5, 5.41) is 0. The van der Waals surface area contributed by atoms with E-state index in [9.17, 15) is 0 Å². The normalized spacial score (nSPS) is 11.3. The van der Waals surface area contributed by atoms with Gasteiger partial charge < -0.3 is 24.8 Å². The van der Waals surface area contributed by atoms with E-state index >= 15 is 0 Å². The van der Waals surface area contributed by atoms with Crippen LogP contribution in [0.2, 0.25) is 0 Å². The smallest absolute Gasteiger partial charge is 0.172 e. The van der Waals surface area contributed by atoms with Gasteiger partial charge in [-0.1, -0.05) is 65.3 Å². The summed E-state index contributed by atoms with van der Waals surface area (Å²) in [5.74, 6) is 0. The van der Waals surface area contributed by atoms with Gasteiger partial charge in [0.2, 0.25) is 0 Å². The molecule has 30 heavy (non-hydrogen) atoms. The molecule has 0 spiro atoms. The Morgan fingerprint density at radius 1 is 0.833 bits per heavy atom. The molecule has 0 aliphatic heterocycles. The van der Waals surface area contributed by atoms with Gasteiger partial charge in [-0.3, -0.25) is 0 Å². The minimum Gasteiger partial charge on any atom is -1.00 e. The van der Waals surface area contributed by atoms with Crippen LogP contribution < -0.4 is 24.8 Å². The minimum atomic E-state index is 0. The second-order valence-corrected chi connectivity index (χ2v) is 9.28. The van der Waals surface area contributed by atoms with Crippen molar-refractivity contribution in [1.29, 1.82) is 0 Å². The summed E-state index contributed by atoms with van der Waals surface area (Å²) in [7, 11) is 0. The molecule has 1 aliphatic carbocycles. The summed E-state index contributed by atoms with van der Waals surface area (Å²) < 4.78 is 0. The van der Waals surface area contributed by atoms with Gasteiger partial charge in [-0.15, -0.1) is 11.1 Å². The molecule has 0 atom stereocenters. The summed E-state index contributed by atoms with van der Waals surface area (Å²) in [4.78, 5) is 3.25. The van der Waals surface area contributed by atoms with Crippen molar-refractivity contribution in [3.8, 4) is 11.1 Å². The topological polar surface area (TPSA) is 0 Å². The van der Waals surface area contributed by atoms with Crippen LogP contribution in [0.5, 0.6) is 0 Å². The van der Waals surface area contributed by atoms with Crippen LogP contribution in [-0.2, 0) is 37.2 Å². The number of fused-ring (bicyclic) bond motifs is 3. The van der Waals surface area contributed by atoms with Gasteiger partial charge >= 0.3 is 24.8 Å². The number of benzene rings is 2. The number of halogens is 2. The van der Waals surface area contributed by atoms with Gasteiger partial charge in [-0.2, -0.15) is 42.0 Å². The van der Waals surface area contributed by atoms with E-state index in [1.54, 1.807) is 20.0 Å². The fourth-order valence-corrected chi connectivity index (χ4v) is 3.35. The van der Waals surface area contributed by atoms with E-state index in [1.807, 2.05) is 30.3 Å². The average Bonchev–Trinajstić information content (AvgIpc) is 3.32. The molecule has 0 aromatic heterocycles. The molecule has 4 rings (SSSR count). The second kappa shape index (κ2) is 12.1. The van der Waals surface area contributed by atoms with Gasteiger partial charge in [0.1, 0.15) is 0 Å². The zero-order chi connectivity index (χ0) is 20.9. The van der Waals surface area contributed by atoms with Gasteiger partial charge in [0.15, 0.2) is 0 Å². The molecule has 0 unspecified atom stereocenters. The number of hydrogen-bond donors (Lipinski definition) is 0. The van der Waals surface area contributed by atoms with Gasteiger partial charge in [0.05, 0.1) is 0 Å². The predicted molar refractivity (Wildman–Crippen MR) is 120 cm³/mol. The predicted octanol–water partition coefficient (Wildman–Crippen LogP) is 1.03. The first-order chi connectivity index (χ1) is 13.2. The zero-order valence-electron chi connectivity index (χ0n) is 18.9. The molecule has 0 radical (unpaired) electrons. The Kier molecular flexibility index (Phi) is 11.7. The number of hydrogen-bond acceptors (Lipinski definition) is 0. The first-order valence-electron chi connectivity index (χ1n) is 9.88. The van der Waals surface area contributed by atoms with Gasteiger partial charge in [0.25, 0.3) is 0 Å². The van der Waals surface area contributed by atoms with Crippen LogP contribution >= 0.6 is 0 Å². The third kappa shape index (κ3) is 7.28. The van der Waals surface area contributed by atoms with E-state index in [0.29, 0.717) is 0 Å². The van der Waals surface area contributed by atoms with Crippen LogP contribution in [0.15, 0.2) is 60.7 Å². The Bertz CT molecular complexity index is 819. The van der Waals surface area contributed by atoms with Crippen LogP contribution in [0.4, 0.5) is 0 Å². The molecule has 3 aromatic rings. The molecule has 0 bridgehead atoms. The van der Waals surface area contributed by atoms with E-state index in [0.717, 1.165) is 6.42 Å². The molecule has 1 aliphatic rings. The van der Waals surface area contributed by atoms with E-state index in [-0.39, 0.29) is 35.6 Å². The molecular weight excluding hydrogens is 443 g/mol. The second-order valence-electron chi connectivity index (χ2n) is 9.28. The van der Waals surface area contributed by atoms with Crippen molar-refractivity contribution in [2.75, 3.05) is 0 Å². The van der Waals surface area contributed by atoms with E-state index in [2.05, 4.69) is 82.8 Å². The molecule has 0 amide bonds. The first kappa shape index (κ1) is 29.0. The molecule has 3 aromatic carbocycles. The largest absolute Gasteiger partial charge is 1.00 e. The molecular formula is C27H32Cl2Ti-2. The summed E-state index contributed by atoms with van der Waals surface area (Å²) in [5.41, 5.74) is 8.70. The maximum absolute atomic E-state index is 3.67. The van der Waals surface area contributed by atoms with Gasteiger partial charge in [-0.25, -0.2) is 12.1 Å². The van der Waals surface area contributed by atoms with E-state index in [4.69, 9.17) is 0 Å². The minimum absolute atomic E-state index is 0. The SMILES string of the molecule is CC(C)(C)c1[c-]c2c(cc1)-c1ccc(C(C)(C)C)cc1C2.[CH2]=[Ti+2].[Cl-].[Cl-].c1cc[cH-]c1. The molecule has 3 heteroatoms. The zero-order valence-corrected chi connectivity index (χ0v) is 22.0. The molecule has 0 heterocycles. The molecule has 0 saturated heterocycles. The molecule has 0 N–H and O–H groups in total. The van der Waals surface area contributed by atoms with Gasteiger partial charge in [0, 0.05) is 0 Å². The van der Waals surface area contributed by atoms with Crippen LogP contribution in [0.1, 0.15) is 63.8 Å². The maximum atomic E-state index is 3.67. The van der Waals surface area contributed by atoms with Crippen molar-refractivity contribution >= 4 is 4.82 Å². The standard InChI is InChI=1S/C21H25.C5H5.CH2.2ClH.Ti/c1-20(2,3)16-7-9-18-14(12-16)11-15-13-17(21(4,5)6)8-10-19(15)18;1-2-4-5-3-1;;;;/h7-10,12H,11H2,1-6H3;1-5H;1H2;2*1H;/q2*-1;;;;+2/p-2. The Balaban J connectivity index is 0.000000809.